The summed E-state index contributed by atoms with van der Waals surface area (Å²) >= 11 is 0. The van der Waals surface area contributed by atoms with E-state index in [4.69, 9.17) is 52.6 Å². The quantitative estimate of drug-likeness (QED) is 0.0682. The summed E-state index contributed by atoms with van der Waals surface area (Å²) in [6.07, 6.45) is 52.9. The van der Waals surface area contributed by atoms with Crippen molar-refractivity contribution in [2.75, 3.05) is 0 Å². The maximum Gasteiger partial charge on any atom is 0.243 e. The normalized spacial score (nSPS) is 10.5. The highest BCUT2D eigenvalue weighted by molar-refractivity contribution is 7.80. The van der Waals surface area contributed by atoms with Gasteiger partial charge in [-0.05, 0) is 38.5 Å². The summed E-state index contributed by atoms with van der Waals surface area (Å²) in [4.78, 5) is 0. The highest BCUT2D eigenvalue weighted by atomic mass is 32.3. The summed E-state index contributed by atoms with van der Waals surface area (Å²) in [6.45, 7) is 20.2. The van der Waals surface area contributed by atoms with Crippen LogP contribution in [0.3, 0.4) is 0 Å². The van der Waals surface area contributed by atoms with E-state index >= 15 is 0 Å². The fourth-order valence-corrected chi connectivity index (χ4v) is 5.85. The zero-order valence-electron chi connectivity index (χ0n) is 46.6. The molecule has 0 spiro atoms. The van der Waals surface area contributed by atoms with Crippen LogP contribution in [0.15, 0.2) is 112 Å². The SMILES string of the molecule is CCCC[n+]1ccn(C)c1.CCCC[n+]1ccn(C)c1.CCCC[n+]1ccn(C)c1.CCCC[n+]1ccn(C)c1.CCCC[n+]1ccn(C)c1.CCCC[n+]1ccn(C)c1.O=S(=O)([O-])[O-].O=S(=O)([O-])[O-].O=S(=O)([O-])[O-]. The lowest BCUT2D eigenvalue weighted by molar-refractivity contribution is -0.696. The van der Waals surface area contributed by atoms with E-state index in [1.807, 2.05) is 42.3 Å². The predicted molar refractivity (Wildman–Crippen MR) is 275 cm³/mol. The van der Waals surface area contributed by atoms with Gasteiger partial charge in [-0.2, -0.15) is 0 Å². The van der Waals surface area contributed by atoms with E-state index in [2.05, 4.69) is 209 Å². The van der Waals surface area contributed by atoms with Crippen LogP contribution in [0.25, 0.3) is 0 Å². The van der Waals surface area contributed by atoms with Gasteiger partial charge in [-0.1, -0.05) is 80.1 Å². The number of hydrogen-bond acceptors (Lipinski definition) is 12. The van der Waals surface area contributed by atoms with Gasteiger partial charge in [0.25, 0.3) is 0 Å². The molecule has 0 amide bonds. The monoisotopic (exact) mass is 1120 g/mol. The van der Waals surface area contributed by atoms with Gasteiger partial charge in [0.1, 0.15) is 74.4 Å². The van der Waals surface area contributed by atoms with Crippen molar-refractivity contribution in [2.45, 2.75) is 158 Å². The zero-order valence-corrected chi connectivity index (χ0v) is 49.1. The van der Waals surface area contributed by atoms with Crippen molar-refractivity contribution in [3.8, 4) is 0 Å². The third-order valence-electron chi connectivity index (χ3n) is 9.56. The minimum absolute atomic E-state index is 1.15. The van der Waals surface area contributed by atoms with Crippen molar-refractivity contribution in [3.05, 3.63) is 112 Å². The van der Waals surface area contributed by atoms with Gasteiger partial charge in [-0.3, -0.25) is 25.3 Å². The Hall–Kier alpha value is -5.13. The first kappa shape index (κ1) is 74.1. The Morgan fingerprint density at radius 2 is 0.387 bits per heavy atom. The van der Waals surface area contributed by atoms with Crippen molar-refractivity contribution in [3.63, 3.8) is 0 Å². The molecule has 0 saturated heterocycles. The number of hydrogen-bond donors (Lipinski definition) is 0. The number of nitrogens with zero attached hydrogens (tertiary/aromatic N) is 12. The van der Waals surface area contributed by atoms with Crippen molar-refractivity contribution < 1.29 is 80.0 Å². The van der Waals surface area contributed by atoms with Crippen molar-refractivity contribution in [2.24, 2.45) is 42.3 Å². The van der Waals surface area contributed by atoms with E-state index in [1.54, 1.807) is 0 Å². The summed E-state index contributed by atoms with van der Waals surface area (Å²) in [7, 11) is -3.24. The molecule has 6 heterocycles. The highest BCUT2D eigenvalue weighted by Gasteiger charge is 2.01. The summed E-state index contributed by atoms with van der Waals surface area (Å²) in [5, 5.41) is 0. The van der Waals surface area contributed by atoms with Crippen LogP contribution in [0.4, 0.5) is 0 Å². The van der Waals surface area contributed by atoms with Gasteiger partial charge in [0.15, 0.2) is 0 Å². The lowest BCUT2D eigenvalue weighted by Crippen LogP contribution is -2.30. The van der Waals surface area contributed by atoms with Crippen molar-refractivity contribution in [1.29, 1.82) is 0 Å². The number of rotatable bonds is 18. The lowest BCUT2D eigenvalue weighted by atomic mass is 10.3. The molecule has 0 radical (unpaired) electrons. The molecule has 0 saturated carbocycles. The van der Waals surface area contributed by atoms with E-state index in [0.717, 1.165) is 39.3 Å². The fraction of sp³-hybridized carbons (Fsp3) is 0.625. The molecule has 0 bridgehead atoms. The highest BCUT2D eigenvalue weighted by Crippen LogP contribution is 1.90. The van der Waals surface area contributed by atoms with E-state index in [-0.39, 0.29) is 0 Å². The maximum atomic E-state index is 8.52. The second kappa shape index (κ2) is 44.0. The van der Waals surface area contributed by atoms with Crippen LogP contribution < -0.4 is 27.4 Å². The van der Waals surface area contributed by atoms with Crippen LogP contribution in [0.2, 0.25) is 0 Å². The van der Waals surface area contributed by atoms with Gasteiger partial charge in [0, 0.05) is 31.2 Å². The average Bonchev–Trinajstić information content (AvgIpc) is 4.19. The summed E-state index contributed by atoms with van der Waals surface area (Å²) < 4.78 is 128. The maximum absolute atomic E-state index is 8.52. The standard InChI is InChI=1S/6C8H15N2.3H2O4S/c6*1-3-4-5-10-7-6-9(2)8-10;3*1-5(2,3)4/h6*6-8H,3-5H2,1-2H3;3*(H2,1,2,3,4)/q6*+1;;;/p-6. The molecule has 0 N–H and O–H groups in total. The third kappa shape index (κ3) is 58.0. The predicted octanol–water partition coefficient (Wildman–Crippen LogP) is 2.66. The molecule has 0 aliphatic carbocycles. The first-order valence-electron chi connectivity index (χ1n) is 25.0. The molecule has 24 nitrogen and oxygen atoms in total. The molecular formula is C48H90N12O12S3. The molecule has 6 aromatic heterocycles. The Morgan fingerprint density at radius 1 is 0.280 bits per heavy atom. The van der Waals surface area contributed by atoms with E-state index in [0.29, 0.717) is 0 Å². The van der Waals surface area contributed by atoms with Crippen LogP contribution in [0.5, 0.6) is 0 Å². The largest absolute Gasteiger partial charge is 0.759 e. The Labute approximate surface area is 449 Å². The lowest BCUT2D eigenvalue weighted by Gasteiger charge is -2.06. The van der Waals surface area contributed by atoms with E-state index < -0.39 is 31.2 Å². The average molecular weight is 1120 g/mol. The molecule has 6 rings (SSSR count). The van der Waals surface area contributed by atoms with Crippen LogP contribution in [0.1, 0.15) is 119 Å². The number of imidazole rings is 6. The zero-order chi connectivity index (χ0) is 57.9. The molecule has 0 atom stereocenters. The Morgan fingerprint density at radius 3 is 0.453 bits per heavy atom. The van der Waals surface area contributed by atoms with Crippen LogP contribution in [-0.4, -0.2) is 80.0 Å². The molecular weight excluding hydrogens is 1030 g/mol. The van der Waals surface area contributed by atoms with Gasteiger partial charge in [0.05, 0.1) is 81.6 Å². The van der Waals surface area contributed by atoms with Crippen LogP contribution in [0, 0.1) is 0 Å². The minimum Gasteiger partial charge on any atom is -0.759 e. The number of aryl methyl sites for hydroxylation is 12. The second-order valence-corrected chi connectivity index (χ2v) is 19.7. The molecule has 6 aromatic rings. The molecule has 432 valence electrons. The van der Waals surface area contributed by atoms with Gasteiger partial charge in [-0.15, -0.1) is 0 Å². The Bertz CT molecular complexity index is 2160. The first-order chi connectivity index (χ1) is 35.0. The summed E-state index contributed by atoms with van der Waals surface area (Å²) in [6, 6.07) is 0. The Kier molecular flexibility index (Phi) is 43.5. The molecule has 0 aromatic carbocycles. The number of aromatic nitrogens is 12. The molecule has 27 heteroatoms. The van der Waals surface area contributed by atoms with Crippen molar-refractivity contribution >= 4 is 31.2 Å². The third-order valence-corrected chi connectivity index (χ3v) is 9.56. The van der Waals surface area contributed by atoms with Gasteiger partial charge in [-0.25, -0.2) is 54.8 Å². The summed E-state index contributed by atoms with van der Waals surface area (Å²) in [5.74, 6) is 0. The topological polar surface area (TPSA) is 294 Å². The fourth-order valence-electron chi connectivity index (χ4n) is 5.85. The van der Waals surface area contributed by atoms with Gasteiger partial charge >= 0.3 is 0 Å². The van der Waals surface area contributed by atoms with Crippen molar-refractivity contribution in [1.82, 2.24) is 27.4 Å². The Balaban J connectivity index is -0.000000788. The smallest absolute Gasteiger partial charge is 0.243 e. The second-order valence-electron chi connectivity index (χ2n) is 17.2. The van der Waals surface area contributed by atoms with E-state index in [1.165, 1.54) is 77.0 Å². The number of unbranched alkanes of at least 4 members (excludes halogenated alkanes) is 6. The minimum atomic E-state index is -5.17. The molecule has 0 unspecified atom stereocenters. The first-order valence-corrected chi connectivity index (χ1v) is 29.0. The van der Waals surface area contributed by atoms with E-state index in [9.17, 15) is 0 Å². The molecule has 0 fully saturated rings. The van der Waals surface area contributed by atoms with Crippen LogP contribution >= 0.6 is 0 Å². The van der Waals surface area contributed by atoms with Crippen LogP contribution in [-0.2, 0) is 113 Å². The molecule has 0 aliphatic heterocycles. The molecule has 0 aliphatic rings. The summed E-state index contributed by atoms with van der Waals surface area (Å²) in [5.41, 5.74) is 0. The van der Waals surface area contributed by atoms with Gasteiger partial charge < -0.3 is 27.3 Å². The molecule has 75 heavy (non-hydrogen) atoms. The van der Waals surface area contributed by atoms with Gasteiger partial charge in [0.2, 0.25) is 38.0 Å².